The van der Waals surface area contributed by atoms with E-state index < -0.39 is 0 Å². The van der Waals surface area contributed by atoms with E-state index in [1.165, 1.54) is 0 Å². The van der Waals surface area contributed by atoms with E-state index in [1.54, 1.807) is 0 Å². The number of hydrogen-bond donors (Lipinski definition) is 1. The maximum atomic E-state index is 6.03. The molecule has 1 atom stereocenters. The molecule has 0 fully saturated rings. The summed E-state index contributed by atoms with van der Waals surface area (Å²) in [7, 11) is 0. The van der Waals surface area contributed by atoms with Gasteiger partial charge in [-0.05, 0) is 41.8 Å². The van der Waals surface area contributed by atoms with Crippen LogP contribution in [0.1, 0.15) is 30.5 Å². The zero-order chi connectivity index (χ0) is 13.7. The summed E-state index contributed by atoms with van der Waals surface area (Å²) in [6.07, 6.45) is 0.926. The molecule has 2 N–H and O–H groups in total. The Balaban J connectivity index is 2.03. The van der Waals surface area contributed by atoms with Gasteiger partial charge in [0.25, 0.3) is 0 Å². The summed E-state index contributed by atoms with van der Waals surface area (Å²) >= 11 is 3.46. The van der Waals surface area contributed by atoms with Crippen molar-refractivity contribution in [3.8, 4) is 5.75 Å². The number of ether oxygens (including phenoxy) is 1. The number of benzene rings is 2. The van der Waals surface area contributed by atoms with E-state index in [-0.39, 0.29) is 6.04 Å². The molecule has 1 unspecified atom stereocenters. The quantitative estimate of drug-likeness (QED) is 0.884. The Morgan fingerprint density at radius 2 is 1.95 bits per heavy atom. The zero-order valence-electron chi connectivity index (χ0n) is 11.0. The lowest BCUT2D eigenvalue weighted by Gasteiger charge is -2.12. The first-order valence-corrected chi connectivity index (χ1v) is 7.21. The molecule has 0 bridgehead atoms. The fourth-order valence-corrected chi connectivity index (χ4v) is 2.31. The topological polar surface area (TPSA) is 35.2 Å². The Morgan fingerprint density at radius 3 is 2.68 bits per heavy atom. The molecule has 0 saturated carbocycles. The smallest absolute Gasteiger partial charge is 0.120 e. The van der Waals surface area contributed by atoms with Crippen LogP contribution in [0, 0.1) is 0 Å². The lowest BCUT2D eigenvalue weighted by atomic mass is 10.1. The molecule has 2 rings (SSSR count). The van der Waals surface area contributed by atoms with Gasteiger partial charge in [0.15, 0.2) is 0 Å². The van der Waals surface area contributed by atoms with E-state index >= 15 is 0 Å². The third-order valence-corrected chi connectivity index (χ3v) is 3.51. The van der Waals surface area contributed by atoms with Crippen LogP contribution in [-0.2, 0) is 6.61 Å². The van der Waals surface area contributed by atoms with Crippen LogP contribution in [0.2, 0.25) is 0 Å². The Bertz CT molecular complexity index is 542. The molecule has 0 amide bonds. The summed E-state index contributed by atoms with van der Waals surface area (Å²) in [4.78, 5) is 0. The minimum absolute atomic E-state index is 0.0782. The van der Waals surface area contributed by atoms with Crippen LogP contribution in [-0.4, -0.2) is 0 Å². The molecule has 0 spiro atoms. The van der Waals surface area contributed by atoms with Crippen LogP contribution in [0.3, 0.4) is 0 Å². The Labute approximate surface area is 122 Å². The van der Waals surface area contributed by atoms with Gasteiger partial charge in [0, 0.05) is 10.5 Å². The summed E-state index contributed by atoms with van der Waals surface area (Å²) in [5.41, 5.74) is 8.29. The van der Waals surface area contributed by atoms with Crippen LogP contribution in [0.15, 0.2) is 53.0 Å². The molecule has 0 heterocycles. The molecule has 0 aliphatic carbocycles. The SMILES string of the molecule is CCC(N)c1cccc(OCc2cccc(Br)c2)c1. The summed E-state index contributed by atoms with van der Waals surface area (Å²) in [6, 6.07) is 16.2. The maximum absolute atomic E-state index is 6.03. The lowest BCUT2D eigenvalue weighted by Crippen LogP contribution is -2.08. The van der Waals surface area contributed by atoms with E-state index in [2.05, 4.69) is 28.9 Å². The monoisotopic (exact) mass is 319 g/mol. The van der Waals surface area contributed by atoms with Gasteiger partial charge in [-0.25, -0.2) is 0 Å². The average molecular weight is 320 g/mol. The van der Waals surface area contributed by atoms with Gasteiger partial charge in [-0.1, -0.05) is 47.1 Å². The van der Waals surface area contributed by atoms with Crippen molar-refractivity contribution in [2.75, 3.05) is 0 Å². The molecule has 0 aliphatic rings. The Morgan fingerprint density at radius 1 is 1.16 bits per heavy atom. The van der Waals surface area contributed by atoms with E-state index in [0.717, 1.165) is 27.8 Å². The van der Waals surface area contributed by atoms with E-state index in [4.69, 9.17) is 10.5 Å². The van der Waals surface area contributed by atoms with Gasteiger partial charge in [-0.3, -0.25) is 0 Å². The van der Waals surface area contributed by atoms with Crippen molar-refractivity contribution in [1.29, 1.82) is 0 Å². The van der Waals surface area contributed by atoms with Gasteiger partial charge in [0.1, 0.15) is 12.4 Å². The maximum Gasteiger partial charge on any atom is 0.120 e. The largest absolute Gasteiger partial charge is 0.489 e. The Kier molecular flexibility index (Phi) is 5.00. The van der Waals surface area contributed by atoms with Crippen LogP contribution in [0.25, 0.3) is 0 Å². The average Bonchev–Trinajstić information content (AvgIpc) is 2.45. The number of hydrogen-bond acceptors (Lipinski definition) is 2. The second-order valence-electron chi connectivity index (χ2n) is 4.51. The first-order chi connectivity index (χ1) is 9.19. The highest BCUT2D eigenvalue weighted by Crippen LogP contribution is 2.21. The van der Waals surface area contributed by atoms with Gasteiger partial charge in [-0.2, -0.15) is 0 Å². The molecule has 19 heavy (non-hydrogen) atoms. The fraction of sp³-hybridized carbons (Fsp3) is 0.250. The second kappa shape index (κ2) is 6.73. The third kappa shape index (κ3) is 4.08. The molecule has 0 saturated heterocycles. The minimum Gasteiger partial charge on any atom is -0.489 e. The van der Waals surface area contributed by atoms with Crippen molar-refractivity contribution >= 4 is 15.9 Å². The minimum atomic E-state index is 0.0782. The van der Waals surface area contributed by atoms with Crippen molar-refractivity contribution in [3.05, 3.63) is 64.1 Å². The molecular formula is C16H18BrNO. The number of halogens is 1. The summed E-state index contributed by atoms with van der Waals surface area (Å²) in [5, 5.41) is 0. The molecule has 2 nitrogen and oxygen atoms in total. The van der Waals surface area contributed by atoms with E-state index in [0.29, 0.717) is 6.61 Å². The normalized spacial score (nSPS) is 12.2. The lowest BCUT2D eigenvalue weighted by molar-refractivity contribution is 0.305. The van der Waals surface area contributed by atoms with Gasteiger partial charge < -0.3 is 10.5 Å². The van der Waals surface area contributed by atoms with E-state index in [9.17, 15) is 0 Å². The molecule has 0 radical (unpaired) electrons. The molecule has 0 aromatic heterocycles. The van der Waals surface area contributed by atoms with Crippen LogP contribution in [0.5, 0.6) is 5.75 Å². The molecule has 2 aromatic carbocycles. The summed E-state index contributed by atoms with van der Waals surface area (Å²) < 4.78 is 6.87. The number of rotatable bonds is 5. The van der Waals surface area contributed by atoms with Gasteiger partial charge >= 0.3 is 0 Å². The predicted octanol–water partition coefficient (Wildman–Crippen LogP) is 4.44. The van der Waals surface area contributed by atoms with Crippen LogP contribution < -0.4 is 10.5 Å². The van der Waals surface area contributed by atoms with Gasteiger partial charge in [0.2, 0.25) is 0 Å². The molecule has 3 heteroatoms. The highest BCUT2D eigenvalue weighted by molar-refractivity contribution is 9.10. The van der Waals surface area contributed by atoms with Crippen molar-refractivity contribution < 1.29 is 4.74 Å². The van der Waals surface area contributed by atoms with Crippen molar-refractivity contribution in [2.24, 2.45) is 5.73 Å². The first kappa shape index (κ1) is 14.1. The zero-order valence-corrected chi connectivity index (χ0v) is 12.6. The van der Waals surface area contributed by atoms with Gasteiger partial charge in [-0.15, -0.1) is 0 Å². The van der Waals surface area contributed by atoms with Crippen LogP contribution >= 0.6 is 15.9 Å². The summed E-state index contributed by atoms with van der Waals surface area (Å²) in [6.45, 7) is 2.64. The third-order valence-electron chi connectivity index (χ3n) is 3.02. The number of nitrogens with two attached hydrogens (primary N) is 1. The second-order valence-corrected chi connectivity index (χ2v) is 5.42. The van der Waals surface area contributed by atoms with Gasteiger partial charge in [0.05, 0.1) is 0 Å². The predicted molar refractivity (Wildman–Crippen MR) is 82.1 cm³/mol. The highest BCUT2D eigenvalue weighted by Gasteiger charge is 2.04. The summed E-state index contributed by atoms with van der Waals surface area (Å²) in [5.74, 6) is 0.862. The molecular weight excluding hydrogens is 302 g/mol. The standard InChI is InChI=1S/C16H18BrNO/c1-2-16(18)13-6-4-8-15(10-13)19-11-12-5-3-7-14(17)9-12/h3-10,16H,2,11,18H2,1H3. The highest BCUT2D eigenvalue weighted by atomic mass is 79.9. The van der Waals surface area contributed by atoms with Crippen molar-refractivity contribution in [3.63, 3.8) is 0 Å². The fourth-order valence-electron chi connectivity index (χ4n) is 1.86. The Hall–Kier alpha value is -1.32. The van der Waals surface area contributed by atoms with Crippen LogP contribution in [0.4, 0.5) is 0 Å². The molecule has 0 aliphatic heterocycles. The van der Waals surface area contributed by atoms with E-state index in [1.807, 2.05) is 42.5 Å². The molecule has 100 valence electrons. The van der Waals surface area contributed by atoms with Crippen molar-refractivity contribution in [2.45, 2.75) is 26.0 Å². The van der Waals surface area contributed by atoms with Crippen molar-refractivity contribution in [1.82, 2.24) is 0 Å². The first-order valence-electron chi connectivity index (χ1n) is 6.42. The molecule has 2 aromatic rings.